The number of fused-ring (bicyclic) bond motifs is 3. The molecule has 1 aromatic heterocycles. The van der Waals surface area contributed by atoms with Gasteiger partial charge in [0.1, 0.15) is 0 Å². The van der Waals surface area contributed by atoms with Gasteiger partial charge in [0.2, 0.25) is 0 Å². The lowest BCUT2D eigenvalue weighted by atomic mass is 10.2. The molecule has 23 heavy (non-hydrogen) atoms. The van der Waals surface area contributed by atoms with Crippen LogP contribution in [0.5, 0.6) is 0 Å². The monoisotopic (exact) mass is 355 g/mol. The Morgan fingerprint density at radius 2 is 1.78 bits per heavy atom. The fourth-order valence-electron chi connectivity index (χ4n) is 3.29. The average molecular weight is 356 g/mol. The van der Waals surface area contributed by atoms with E-state index >= 15 is 0 Å². The minimum Gasteiger partial charge on any atom is -0.379 e. The van der Waals surface area contributed by atoms with Crippen molar-refractivity contribution in [3.8, 4) is 0 Å². The third-order valence-electron chi connectivity index (χ3n) is 4.49. The SMILES string of the molecule is O=S(=O)(N1CCOCC1)N1CCn2c(cc3ccc(Cl)cc32)C1. The molecular weight excluding hydrogens is 338 g/mol. The molecule has 4 rings (SSSR count). The highest BCUT2D eigenvalue weighted by molar-refractivity contribution is 7.86. The van der Waals surface area contributed by atoms with Crippen LogP contribution in [0.15, 0.2) is 24.3 Å². The van der Waals surface area contributed by atoms with E-state index in [1.165, 1.54) is 4.31 Å². The van der Waals surface area contributed by atoms with Gasteiger partial charge in [-0.2, -0.15) is 17.0 Å². The topological polar surface area (TPSA) is 54.8 Å². The Balaban J connectivity index is 1.64. The summed E-state index contributed by atoms with van der Waals surface area (Å²) < 4.78 is 36.1. The van der Waals surface area contributed by atoms with E-state index in [4.69, 9.17) is 16.3 Å². The number of ether oxygens (including phenoxy) is 1. The lowest BCUT2D eigenvalue weighted by molar-refractivity contribution is 0.0696. The fourth-order valence-corrected chi connectivity index (χ4v) is 5.00. The van der Waals surface area contributed by atoms with Crippen molar-refractivity contribution < 1.29 is 13.2 Å². The first kappa shape index (κ1) is 15.4. The first-order valence-corrected chi connectivity index (χ1v) is 9.44. The smallest absolute Gasteiger partial charge is 0.282 e. The van der Waals surface area contributed by atoms with Crippen LogP contribution in [-0.2, 0) is 28.0 Å². The highest BCUT2D eigenvalue weighted by atomic mass is 35.5. The van der Waals surface area contributed by atoms with Gasteiger partial charge in [-0.25, -0.2) is 0 Å². The lowest BCUT2D eigenvalue weighted by Gasteiger charge is -2.34. The van der Waals surface area contributed by atoms with Gasteiger partial charge in [-0.3, -0.25) is 0 Å². The van der Waals surface area contributed by atoms with Gasteiger partial charge in [0, 0.05) is 47.8 Å². The van der Waals surface area contributed by atoms with Gasteiger partial charge in [-0.05, 0) is 18.2 Å². The number of aromatic nitrogens is 1. The predicted molar refractivity (Wildman–Crippen MR) is 88.7 cm³/mol. The molecule has 124 valence electrons. The molecule has 3 heterocycles. The summed E-state index contributed by atoms with van der Waals surface area (Å²) in [6, 6.07) is 7.82. The van der Waals surface area contributed by atoms with Gasteiger partial charge in [0.15, 0.2) is 0 Å². The van der Waals surface area contributed by atoms with Crippen molar-refractivity contribution in [2.75, 3.05) is 32.8 Å². The molecule has 0 unspecified atom stereocenters. The summed E-state index contributed by atoms with van der Waals surface area (Å²) in [5, 5.41) is 1.79. The van der Waals surface area contributed by atoms with E-state index in [1.807, 2.05) is 24.3 Å². The molecule has 2 aliphatic rings. The van der Waals surface area contributed by atoms with Crippen molar-refractivity contribution in [2.45, 2.75) is 13.1 Å². The summed E-state index contributed by atoms with van der Waals surface area (Å²) >= 11 is 6.08. The molecular formula is C15H18ClN3O3S. The van der Waals surface area contributed by atoms with E-state index in [0.717, 1.165) is 16.6 Å². The minimum atomic E-state index is -3.43. The molecule has 1 fully saturated rings. The Morgan fingerprint density at radius 1 is 1.00 bits per heavy atom. The zero-order chi connectivity index (χ0) is 16.0. The Hall–Kier alpha value is -1.12. The summed E-state index contributed by atoms with van der Waals surface area (Å²) in [7, 11) is -3.43. The predicted octanol–water partition coefficient (Wildman–Crippen LogP) is 1.69. The molecule has 0 bridgehead atoms. The number of rotatable bonds is 2. The number of morpholine rings is 1. The van der Waals surface area contributed by atoms with Crippen molar-refractivity contribution in [3.63, 3.8) is 0 Å². The third kappa shape index (κ3) is 2.66. The number of hydrogen-bond acceptors (Lipinski definition) is 3. The number of halogens is 1. The maximum absolute atomic E-state index is 12.8. The van der Waals surface area contributed by atoms with Crippen LogP contribution in [0.2, 0.25) is 5.02 Å². The van der Waals surface area contributed by atoms with Crippen LogP contribution >= 0.6 is 11.6 Å². The molecule has 2 aromatic rings. The van der Waals surface area contributed by atoms with Crippen molar-refractivity contribution >= 4 is 32.7 Å². The van der Waals surface area contributed by atoms with Crippen LogP contribution in [0.4, 0.5) is 0 Å². The van der Waals surface area contributed by atoms with Crippen LogP contribution in [0.25, 0.3) is 10.9 Å². The average Bonchev–Trinajstić information content (AvgIpc) is 2.92. The van der Waals surface area contributed by atoms with Crippen molar-refractivity contribution in [1.82, 2.24) is 13.2 Å². The largest absolute Gasteiger partial charge is 0.379 e. The van der Waals surface area contributed by atoms with E-state index in [1.54, 1.807) is 4.31 Å². The molecule has 1 saturated heterocycles. The van der Waals surface area contributed by atoms with Gasteiger partial charge < -0.3 is 9.30 Å². The Kier molecular flexibility index (Phi) is 3.85. The van der Waals surface area contributed by atoms with Gasteiger partial charge in [-0.15, -0.1) is 0 Å². The second-order valence-corrected chi connectivity index (χ2v) is 8.21. The van der Waals surface area contributed by atoms with E-state index in [-0.39, 0.29) is 0 Å². The maximum Gasteiger partial charge on any atom is 0.282 e. The van der Waals surface area contributed by atoms with Crippen LogP contribution in [0.3, 0.4) is 0 Å². The molecule has 0 radical (unpaired) electrons. The quantitative estimate of drug-likeness (QED) is 0.823. The molecule has 0 saturated carbocycles. The zero-order valence-electron chi connectivity index (χ0n) is 12.6. The molecule has 0 spiro atoms. The normalized spacial score (nSPS) is 20.7. The number of benzene rings is 1. The van der Waals surface area contributed by atoms with Crippen LogP contribution in [0, 0.1) is 0 Å². The summed E-state index contributed by atoms with van der Waals surface area (Å²) in [6.45, 7) is 3.30. The highest BCUT2D eigenvalue weighted by Gasteiger charge is 2.33. The molecule has 0 N–H and O–H groups in total. The fraction of sp³-hybridized carbons (Fsp3) is 0.467. The van der Waals surface area contributed by atoms with E-state index in [2.05, 4.69) is 4.57 Å². The molecule has 8 heteroatoms. The minimum absolute atomic E-state index is 0.395. The Morgan fingerprint density at radius 3 is 2.57 bits per heavy atom. The van der Waals surface area contributed by atoms with Gasteiger partial charge in [0.05, 0.1) is 19.8 Å². The summed E-state index contributed by atoms with van der Waals surface area (Å²) in [5.74, 6) is 0. The molecule has 1 aromatic carbocycles. The highest BCUT2D eigenvalue weighted by Crippen LogP contribution is 2.28. The van der Waals surface area contributed by atoms with E-state index < -0.39 is 10.2 Å². The number of nitrogens with zero attached hydrogens (tertiary/aromatic N) is 3. The Labute approximate surface area is 140 Å². The van der Waals surface area contributed by atoms with Crippen molar-refractivity contribution in [3.05, 3.63) is 35.0 Å². The van der Waals surface area contributed by atoms with Crippen LogP contribution in [0.1, 0.15) is 5.69 Å². The third-order valence-corrected chi connectivity index (χ3v) is 6.70. The van der Waals surface area contributed by atoms with Crippen molar-refractivity contribution in [2.24, 2.45) is 0 Å². The van der Waals surface area contributed by atoms with Crippen LogP contribution < -0.4 is 0 Å². The molecule has 6 nitrogen and oxygen atoms in total. The lowest BCUT2D eigenvalue weighted by Crippen LogP contribution is -2.50. The summed E-state index contributed by atoms with van der Waals surface area (Å²) in [6.07, 6.45) is 0. The first-order valence-electron chi connectivity index (χ1n) is 7.66. The van der Waals surface area contributed by atoms with Crippen molar-refractivity contribution in [1.29, 1.82) is 0 Å². The summed E-state index contributed by atoms with van der Waals surface area (Å²) in [4.78, 5) is 0. The molecule has 0 atom stereocenters. The van der Waals surface area contributed by atoms with Gasteiger partial charge >= 0.3 is 0 Å². The van der Waals surface area contributed by atoms with Gasteiger partial charge in [-0.1, -0.05) is 17.7 Å². The van der Waals surface area contributed by atoms with E-state index in [9.17, 15) is 8.42 Å². The van der Waals surface area contributed by atoms with Gasteiger partial charge in [0.25, 0.3) is 10.2 Å². The maximum atomic E-state index is 12.8. The first-order chi connectivity index (χ1) is 11.1. The molecule has 0 aliphatic carbocycles. The second-order valence-electron chi connectivity index (χ2n) is 5.84. The van der Waals surface area contributed by atoms with E-state index in [0.29, 0.717) is 51.0 Å². The number of hydrogen-bond donors (Lipinski definition) is 0. The standard InChI is InChI=1S/C15H18ClN3O3S/c16-13-2-1-12-9-14-11-18(3-4-19(14)15(12)10-13)23(20,21)17-5-7-22-8-6-17/h1-2,9-10H,3-8,11H2. The second kappa shape index (κ2) is 5.75. The Bertz CT molecular complexity index is 843. The zero-order valence-corrected chi connectivity index (χ0v) is 14.2. The molecule has 0 amide bonds. The van der Waals surface area contributed by atoms with Crippen LogP contribution in [-0.4, -0.2) is 54.4 Å². The summed E-state index contributed by atoms with van der Waals surface area (Å²) in [5.41, 5.74) is 2.07. The molecule has 2 aliphatic heterocycles.